The molecule has 1 aromatic rings. The summed E-state index contributed by atoms with van der Waals surface area (Å²) < 4.78 is 7.13. The van der Waals surface area contributed by atoms with Crippen molar-refractivity contribution in [1.82, 2.24) is 0 Å². The molecule has 0 aromatic heterocycles. The molecule has 0 radical (unpaired) electrons. The number of rotatable bonds is 3. The number of aryl methyl sites for hydroxylation is 2. The van der Waals surface area contributed by atoms with Gasteiger partial charge in [0.1, 0.15) is 12.4 Å². The molecule has 1 aliphatic rings. The van der Waals surface area contributed by atoms with Crippen molar-refractivity contribution in [3.05, 3.63) is 49.2 Å². The van der Waals surface area contributed by atoms with Gasteiger partial charge in [0.15, 0.2) is 0 Å². The van der Waals surface area contributed by atoms with E-state index >= 15 is 0 Å². The summed E-state index contributed by atoms with van der Waals surface area (Å²) in [5.41, 5.74) is 9.98. The fourth-order valence-electron chi connectivity index (χ4n) is 2.01. The Morgan fingerprint density at radius 2 is 2.05 bits per heavy atom. The topological polar surface area (TPSA) is 35.2 Å². The first-order valence-corrected chi connectivity index (χ1v) is 7.67. The van der Waals surface area contributed by atoms with Crippen molar-refractivity contribution in [1.29, 1.82) is 0 Å². The number of hydrogen-bond acceptors (Lipinski definition) is 2. The standard InChI is InChI=1S/C15H17ClINO/c1-9-7-15(10(2)6-13(9)17)19-8-11-12(16)4-3-5-14(11)18/h5-7H,3-4,8,18H2,1-2H3. The minimum absolute atomic E-state index is 0.433. The Hall–Kier alpha value is -0.680. The summed E-state index contributed by atoms with van der Waals surface area (Å²) in [6.07, 6.45) is 3.78. The van der Waals surface area contributed by atoms with Gasteiger partial charge in [-0.05, 0) is 72.5 Å². The molecule has 1 aliphatic carbocycles. The van der Waals surface area contributed by atoms with E-state index < -0.39 is 0 Å². The highest BCUT2D eigenvalue weighted by molar-refractivity contribution is 14.1. The van der Waals surface area contributed by atoms with E-state index in [9.17, 15) is 0 Å². The van der Waals surface area contributed by atoms with Crippen LogP contribution in [0.25, 0.3) is 0 Å². The van der Waals surface area contributed by atoms with E-state index in [0.29, 0.717) is 6.61 Å². The molecule has 0 unspecified atom stereocenters. The summed E-state index contributed by atoms with van der Waals surface area (Å²) in [5.74, 6) is 0.897. The molecule has 2 N–H and O–H groups in total. The normalized spacial score (nSPS) is 15.5. The highest BCUT2D eigenvalue weighted by Gasteiger charge is 2.14. The predicted octanol–water partition coefficient (Wildman–Crippen LogP) is 4.42. The van der Waals surface area contributed by atoms with E-state index in [1.165, 1.54) is 9.13 Å². The second-order valence-corrected chi connectivity index (χ2v) is 6.36. The zero-order chi connectivity index (χ0) is 14.0. The lowest BCUT2D eigenvalue weighted by molar-refractivity contribution is 0.349. The van der Waals surface area contributed by atoms with Gasteiger partial charge in [0.25, 0.3) is 0 Å². The minimum atomic E-state index is 0.433. The molecular weight excluding hydrogens is 373 g/mol. The lowest BCUT2D eigenvalue weighted by Gasteiger charge is -2.17. The van der Waals surface area contributed by atoms with E-state index in [0.717, 1.165) is 40.5 Å². The summed E-state index contributed by atoms with van der Waals surface area (Å²) in [4.78, 5) is 0. The number of allylic oxidation sites excluding steroid dienone is 2. The Kier molecular flexibility index (Phi) is 4.79. The third-order valence-corrected chi connectivity index (χ3v) is 4.81. The Bertz CT molecular complexity index is 564. The Morgan fingerprint density at radius 3 is 2.74 bits per heavy atom. The van der Waals surface area contributed by atoms with Gasteiger partial charge in [-0.3, -0.25) is 0 Å². The predicted molar refractivity (Wildman–Crippen MR) is 88.5 cm³/mol. The molecule has 0 saturated heterocycles. The van der Waals surface area contributed by atoms with Crippen molar-refractivity contribution < 1.29 is 4.74 Å². The van der Waals surface area contributed by atoms with Crippen LogP contribution in [0.15, 0.2) is 34.5 Å². The van der Waals surface area contributed by atoms with Gasteiger partial charge in [0.2, 0.25) is 0 Å². The molecule has 4 heteroatoms. The Morgan fingerprint density at radius 1 is 1.32 bits per heavy atom. The monoisotopic (exact) mass is 389 g/mol. The first kappa shape index (κ1) is 14.7. The fraction of sp³-hybridized carbons (Fsp3) is 0.333. The summed E-state index contributed by atoms with van der Waals surface area (Å²) in [6, 6.07) is 4.19. The van der Waals surface area contributed by atoms with Gasteiger partial charge in [-0.15, -0.1) is 0 Å². The van der Waals surface area contributed by atoms with Crippen molar-refractivity contribution in [2.45, 2.75) is 26.7 Å². The SMILES string of the molecule is Cc1cc(OCC2=C(Cl)CCC=C2N)c(C)cc1I. The van der Waals surface area contributed by atoms with Crippen LogP contribution in [0.3, 0.4) is 0 Å². The van der Waals surface area contributed by atoms with E-state index in [4.69, 9.17) is 22.1 Å². The van der Waals surface area contributed by atoms with Gasteiger partial charge in [-0.1, -0.05) is 17.7 Å². The molecule has 0 aliphatic heterocycles. The van der Waals surface area contributed by atoms with E-state index in [-0.39, 0.29) is 0 Å². The number of nitrogens with two attached hydrogens (primary N) is 1. The number of ether oxygens (including phenoxy) is 1. The van der Waals surface area contributed by atoms with Crippen molar-refractivity contribution in [3.8, 4) is 5.75 Å². The third-order valence-electron chi connectivity index (χ3n) is 3.23. The van der Waals surface area contributed by atoms with Gasteiger partial charge in [-0.2, -0.15) is 0 Å². The van der Waals surface area contributed by atoms with Crippen LogP contribution in [0, 0.1) is 17.4 Å². The quantitative estimate of drug-likeness (QED) is 0.777. The zero-order valence-corrected chi connectivity index (χ0v) is 14.0. The maximum atomic E-state index is 6.22. The molecule has 1 aromatic carbocycles. The fourth-order valence-corrected chi connectivity index (χ4v) is 2.90. The first-order chi connectivity index (χ1) is 8.99. The van der Waals surface area contributed by atoms with Crippen molar-refractivity contribution in [3.63, 3.8) is 0 Å². The molecule has 19 heavy (non-hydrogen) atoms. The van der Waals surface area contributed by atoms with Crippen LogP contribution in [0.2, 0.25) is 0 Å². The number of benzene rings is 1. The highest BCUT2D eigenvalue weighted by atomic mass is 127. The lowest BCUT2D eigenvalue weighted by atomic mass is 10.0. The number of hydrogen-bond donors (Lipinski definition) is 1. The second-order valence-electron chi connectivity index (χ2n) is 4.74. The van der Waals surface area contributed by atoms with Crippen LogP contribution >= 0.6 is 34.2 Å². The average molecular weight is 390 g/mol. The Labute approximate surface area is 132 Å². The van der Waals surface area contributed by atoms with Gasteiger partial charge in [0, 0.05) is 19.9 Å². The van der Waals surface area contributed by atoms with E-state index in [1.54, 1.807) is 0 Å². The summed E-state index contributed by atoms with van der Waals surface area (Å²) in [5, 5.41) is 0.819. The summed E-state index contributed by atoms with van der Waals surface area (Å²) in [6.45, 7) is 4.56. The highest BCUT2D eigenvalue weighted by Crippen LogP contribution is 2.28. The summed E-state index contributed by atoms with van der Waals surface area (Å²) >= 11 is 8.55. The average Bonchev–Trinajstić information content (AvgIpc) is 2.34. The van der Waals surface area contributed by atoms with Crippen LogP contribution in [0.4, 0.5) is 0 Å². The van der Waals surface area contributed by atoms with Crippen LogP contribution < -0.4 is 10.5 Å². The molecule has 2 nitrogen and oxygen atoms in total. The molecular formula is C15H17ClINO. The van der Waals surface area contributed by atoms with Gasteiger partial charge in [0.05, 0.1) is 0 Å². The second kappa shape index (κ2) is 6.18. The van der Waals surface area contributed by atoms with Crippen LogP contribution in [0.5, 0.6) is 5.75 Å². The van der Waals surface area contributed by atoms with Crippen molar-refractivity contribution in [2.24, 2.45) is 5.73 Å². The van der Waals surface area contributed by atoms with Crippen LogP contribution in [-0.4, -0.2) is 6.61 Å². The molecule has 0 fully saturated rings. The minimum Gasteiger partial charge on any atom is -0.489 e. The molecule has 0 saturated carbocycles. The first-order valence-electron chi connectivity index (χ1n) is 6.22. The molecule has 2 rings (SSSR count). The number of halogens is 2. The maximum absolute atomic E-state index is 6.22. The van der Waals surface area contributed by atoms with Crippen LogP contribution in [-0.2, 0) is 0 Å². The van der Waals surface area contributed by atoms with Crippen molar-refractivity contribution in [2.75, 3.05) is 6.61 Å². The largest absolute Gasteiger partial charge is 0.489 e. The van der Waals surface area contributed by atoms with Gasteiger partial charge in [-0.25, -0.2) is 0 Å². The third kappa shape index (κ3) is 3.45. The van der Waals surface area contributed by atoms with Crippen LogP contribution in [0.1, 0.15) is 24.0 Å². The zero-order valence-electron chi connectivity index (χ0n) is 11.1. The molecule has 0 atom stereocenters. The molecule has 0 heterocycles. The smallest absolute Gasteiger partial charge is 0.123 e. The molecule has 0 amide bonds. The van der Waals surface area contributed by atoms with Gasteiger partial charge >= 0.3 is 0 Å². The maximum Gasteiger partial charge on any atom is 0.123 e. The van der Waals surface area contributed by atoms with E-state index in [2.05, 4.69) is 41.6 Å². The molecule has 0 spiro atoms. The summed E-state index contributed by atoms with van der Waals surface area (Å²) in [7, 11) is 0. The molecule has 0 bridgehead atoms. The van der Waals surface area contributed by atoms with Gasteiger partial charge < -0.3 is 10.5 Å². The van der Waals surface area contributed by atoms with E-state index in [1.807, 2.05) is 13.0 Å². The lowest BCUT2D eigenvalue weighted by Crippen LogP contribution is -2.14. The van der Waals surface area contributed by atoms with Crippen molar-refractivity contribution >= 4 is 34.2 Å². The Balaban J connectivity index is 2.15. The molecule has 102 valence electrons.